The molecule has 0 saturated carbocycles. The van der Waals surface area contributed by atoms with Crippen LogP contribution in [0.4, 0.5) is 17.2 Å². The van der Waals surface area contributed by atoms with E-state index in [1.54, 1.807) is 12.1 Å². The van der Waals surface area contributed by atoms with Crippen molar-refractivity contribution in [2.75, 3.05) is 37.5 Å². The lowest BCUT2D eigenvalue weighted by molar-refractivity contribution is -0.385. The molecule has 0 radical (unpaired) electrons. The average molecular weight is 463 g/mol. The summed E-state index contributed by atoms with van der Waals surface area (Å²) >= 11 is 0. The number of methoxy groups -OCH3 is 2. The number of ether oxygens (including phenoxy) is 2. The number of benzene rings is 2. The highest BCUT2D eigenvalue weighted by Crippen LogP contribution is 2.35. The fourth-order valence-corrected chi connectivity index (χ4v) is 3.89. The number of nitrogens with one attached hydrogen (secondary N) is 1. The van der Waals surface area contributed by atoms with Crippen LogP contribution in [0.3, 0.4) is 0 Å². The minimum absolute atomic E-state index is 0.133. The smallest absolute Gasteiger partial charge is 0.286 e. The first-order valence-corrected chi connectivity index (χ1v) is 10.9. The molecule has 10 heteroatoms. The number of aromatic nitrogens is 2. The Bertz CT molecular complexity index is 1180. The lowest BCUT2D eigenvalue weighted by Gasteiger charge is -2.27. The molecule has 1 aliphatic heterocycles. The van der Waals surface area contributed by atoms with Crippen LogP contribution in [0.15, 0.2) is 48.5 Å². The van der Waals surface area contributed by atoms with E-state index in [2.05, 4.69) is 20.4 Å². The highest BCUT2D eigenvalue weighted by Gasteiger charge is 2.24. The monoisotopic (exact) mass is 463 g/mol. The molecule has 3 aromatic rings. The summed E-state index contributed by atoms with van der Waals surface area (Å²) in [7, 11) is 2.76. The molecule has 2 aromatic carbocycles. The van der Waals surface area contributed by atoms with E-state index < -0.39 is 10.8 Å². The Labute approximate surface area is 196 Å². The summed E-state index contributed by atoms with van der Waals surface area (Å²) in [5, 5.41) is 22.9. The van der Waals surface area contributed by atoms with Gasteiger partial charge in [0.1, 0.15) is 5.56 Å². The second-order valence-electron chi connectivity index (χ2n) is 7.84. The molecule has 0 aliphatic carbocycles. The zero-order chi connectivity index (χ0) is 24.1. The zero-order valence-corrected chi connectivity index (χ0v) is 19.0. The van der Waals surface area contributed by atoms with Gasteiger partial charge in [-0.1, -0.05) is 12.1 Å². The van der Waals surface area contributed by atoms with E-state index in [0.717, 1.165) is 24.5 Å². The Balaban J connectivity index is 1.49. The largest absolute Gasteiger partial charge is 0.493 e. The van der Waals surface area contributed by atoms with Gasteiger partial charge in [0.15, 0.2) is 17.3 Å². The molecule has 0 unspecified atom stereocenters. The van der Waals surface area contributed by atoms with E-state index in [4.69, 9.17) is 9.47 Å². The van der Waals surface area contributed by atoms with Crippen molar-refractivity contribution in [1.82, 2.24) is 10.2 Å². The maximum Gasteiger partial charge on any atom is 0.286 e. The fourth-order valence-electron chi connectivity index (χ4n) is 3.89. The highest BCUT2D eigenvalue weighted by molar-refractivity contribution is 6.07. The van der Waals surface area contributed by atoms with Crippen LogP contribution in [0, 0.1) is 10.1 Å². The molecule has 34 heavy (non-hydrogen) atoms. The van der Waals surface area contributed by atoms with Crippen molar-refractivity contribution >= 4 is 23.1 Å². The SMILES string of the molecule is COc1cc(C(=O)Nc2ccc(-c3ccc(N4CCCCC4)nn3)cc2)c([N+](=O)[O-])cc1OC. The van der Waals surface area contributed by atoms with Crippen LogP contribution in [0.1, 0.15) is 29.6 Å². The first-order valence-electron chi connectivity index (χ1n) is 10.9. The number of amides is 1. The summed E-state index contributed by atoms with van der Waals surface area (Å²) in [5.74, 6) is 0.637. The van der Waals surface area contributed by atoms with Crippen molar-refractivity contribution in [2.24, 2.45) is 0 Å². The van der Waals surface area contributed by atoms with Gasteiger partial charge in [-0.3, -0.25) is 14.9 Å². The van der Waals surface area contributed by atoms with Crippen molar-refractivity contribution in [3.8, 4) is 22.8 Å². The average Bonchev–Trinajstić information content (AvgIpc) is 2.88. The van der Waals surface area contributed by atoms with Crippen molar-refractivity contribution in [2.45, 2.75) is 19.3 Å². The summed E-state index contributed by atoms with van der Waals surface area (Å²) < 4.78 is 10.3. The molecular weight excluding hydrogens is 438 g/mol. The summed E-state index contributed by atoms with van der Waals surface area (Å²) in [6.07, 6.45) is 3.59. The molecule has 1 amide bonds. The van der Waals surface area contributed by atoms with E-state index >= 15 is 0 Å². The number of carbonyl (C=O) groups is 1. The summed E-state index contributed by atoms with van der Waals surface area (Å²) in [5.41, 5.74) is 1.53. The van der Waals surface area contributed by atoms with Crippen molar-refractivity contribution in [1.29, 1.82) is 0 Å². The lowest BCUT2D eigenvalue weighted by atomic mass is 10.1. The van der Waals surface area contributed by atoms with Crippen molar-refractivity contribution in [3.05, 3.63) is 64.2 Å². The predicted molar refractivity (Wildman–Crippen MR) is 128 cm³/mol. The second kappa shape index (κ2) is 10.2. The first-order chi connectivity index (χ1) is 16.5. The molecule has 176 valence electrons. The molecule has 1 aromatic heterocycles. The topological polar surface area (TPSA) is 120 Å². The van der Waals surface area contributed by atoms with Gasteiger partial charge in [0.2, 0.25) is 0 Å². The molecule has 1 aliphatic rings. The Morgan fingerprint density at radius 3 is 2.24 bits per heavy atom. The van der Waals surface area contributed by atoms with Gasteiger partial charge in [0.25, 0.3) is 11.6 Å². The molecular formula is C24H25N5O5. The molecule has 1 saturated heterocycles. The number of hydrogen-bond donors (Lipinski definition) is 1. The fraction of sp³-hybridized carbons (Fsp3) is 0.292. The van der Waals surface area contributed by atoms with E-state index in [-0.39, 0.29) is 22.7 Å². The van der Waals surface area contributed by atoms with Gasteiger partial charge >= 0.3 is 0 Å². The van der Waals surface area contributed by atoms with Gasteiger partial charge in [0.05, 0.1) is 30.9 Å². The van der Waals surface area contributed by atoms with Crippen LogP contribution in [-0.4, -0.2) is 48.3 Å². The van der Waals surface area contributed by atoms with Gasteiger partial charge in [0, 0.05) is 30.4 Å². The van der Waals surface area contributed by atoms with Crippen LogP contribution in [-0.2, 0) is 0 Å². The quantitative estimate of drug-likeness (QED) is 0.407. The lowest BCUT2D eigenvalue weighted by Crippen LogP contribution is -2.30. The number of anilines is 2. The maximum absolute atomic E-state index is 12.8. The predicted octanol–water partition coefficient (Wildman–Crippen LogP) is 4.31. The number of nitro groups is 1. The number of rotatable bonds is 7. The van der Waals surface area contributed by atoms with Gasteiger partial charge < -0.3 is 19.7 Å². The number of carbonyl (C=O) groups excluding carboxylic acids is 1. The van der Waals surface area contributed by atoms with Crippen LogP contribution < -0.4 is 19.7 Å². The minimum Gasteiger partial charge on any atom is -0.493 e. The van der Waals surface area contributed by atoms with E-state index in [1.165, 1.54) is 45.6 Å². The zero-order valence-electron chi connectivity index (χ0n) is 19.0. The van der Waals surface area contributed by atoms with E-state index in [0.29, 0.717) is 11.4 Å². The normalized spacial score (nSPS) is 13.3. The number of nitro benzene ring substituents is 1. The van der Waals surface area contributed by atoms with Gasteiger partial charge in [-0.25, -0.2) is 0 Å². The van der Waals surface area contributed by atoms with Crippen LogP contribution in [0.25, 0.3) is 11.3 Å². The minimum atomic E-state index is -0.633. The molecule has 0 bridgehead atoms. The van der Waals surface area contributed by atoms with Gasteiger partial charge in [-0.05, 0) is 43.5 Å². The second-order valence-corrected chi connectivity index (χ2v) is 7.84. The molecule has 10 nitrogen and oxygen atoms in total. The summed E-state index contributed by atoms with van der Waals surface area (Å²) in [4.78, 5) is 25.9. The van der Waals surface area contributed by atoms with Crippen molar-refractivity contribution < 1.29 is 19.2 Å². The van der Waals surface area contributed by atoms with E-state index in [1.807, 2.05) is 24.3 Å². The Morgan fingerprint density at radius 1 is 0.971 bits per heavy atom. The third-order valence-electron chi connectivity index (χ3n) is 5.71. The van der Waals surface area contributed by atoms with Gasteiger partial charge in [-0.15, -0.1) is 10.2 Å². The molecule has 0 spiro atoms. The highest BCUT2D eigenvalue weighted by atomic mass is 16.6. The third kappa shape index (κ3) is 4.90. The molecule has 4 rings (SSSR count). The molecule has 1 fully saturated rings. The third-order valence-corrected chi connectivity index (χ3v) is 5.71. The Morgan fingerprint density at radius 2 is 1.65 bits per heavy atom. The molecule has 2 heterocycles. The maximum atomic E-state index is 12.8. The number of nitrogens with zero attached hydrogens (tertiary/aromatic N) is 4. The number of piperidine rings is 1. The Kier molecular flexibility index (Phi) is 6.86. The van der Waals surface area contributed by atoms with Crippen LogP contribution in [0.2, 0.25) is 0 Å². The van der Waals surface area contributed by atoms with Crippen LogP contribution in [0.5, 0.6) is 11.5 Å². The summed E-state index contributed by atoms with van der Waals surface area (Å²) in [6.45, 7) is 2.00. The van der Waals surface area contributed by atoms with Crippen LogP contribution >= 0.6 is 0 Å². The standard InChI is InChI=1S/C24H25N5O5/c1-33-21-14-18(20(29(31)32)15-22(21)34-2)24(30)25-17-8-6-16(7-9-17)19-10-11-23(27-26-19)28-12-4-3-5-13-28/h6-11,14-15H,3-5,12-13H2,1-2H3,(H,25,30). The first kappa shape index (κ1) is 23.0. The van der Waals surface area contributed by atoms with E-state index in [9.17, 15) is 14.9 Å². The molecule has 0 atom stereocenters. The molecule has 1 N–H and O–H groups in total. The number of hydrogen-bond acceptors (Lipinski definition) is 8. The Hall–Kier alpha value is -4.21. The van der Waals surface area contributed by atoms with Gasteiger partial charge in [-0.2, -0.15) is 0 Å². The van der Waals surface area contributed by atoms with Crippen molar-refractivity contribution in [3.63, 3.8) is 0 Å². The summed E-state index contributed by atoms with van der Waals surface area (Å²) in [6, 6.07) is 13.4.